The number of rotatable bonds is 3. The van der Waals surface area contributed by atoms with E-state index in [0.717, 1.165) is 11.9 Å². The number of amides is 1. The van der Waals surface area contributed by atoms with Crippen LogP contribution in [0.3, 0.4) is 0 Å². The molecule has 1 aromatic carbocycles. The molecule has 0 aliphatic carbocycles. The van der Waals surface area contributed by atoms with Crippen LogP contribution in [0.5, 0.6) is 0 Å². The highest BCUT2D eigenvalue weighted by Crippen LogP contribution is 2.31. The number of aromatic nitrogens is 3. The Morgan fingerprint density at radius 2 is 1.90 bits per heavy atom. The molecular formula is C19H24FN5O3S. The molecule has 1 N–H and O–H groups in total. The van der Waals surface area contributed by atoms with Crippen LogP contribution in [0.15, 0.2) is 29.2 Å². The number of nitrogens with zero attached hydrogens (tertiary/aromatic N) is 4. The molecule has 4 rings (SSSR count). The minimum absolute atomic E-state index is 0.105. The van der Waals surface area contributed by atoms with E-state index < -0.39 is 21.4 Å². The molecule has 0 unspecified atom stereocenters. The Balaban J connectivity index is 1.56. The second kappa shape index (κ2) is 7.17. The van der Waals surface area contributed by atoms with E-state index in [1.165, 1.54) is 22.5 Å². The van der Waals surface area contributed by atoms with E-state index in [1.807, 2.05) is 13.8 Å². The van der Waals surface area contributed by atoms with Gasteiger partial charge in [-0.1, -0.05) is 26.0 Å². The summed E-state index contributed by atoms with van der Waals surface area (Å²) in [5, 5.41) is 7.50. The maximum absolute atomic E-state index is 14.0. The first-order chi connectivity index (χ1) is 13.7. The fourth-order valence-electron chi connectivity index (χ4n) is 3.96. The minimum atomic E-state index is -3.93. The lowest BCUT2D eigenvalue weighted by Gasteiger charge is -2.40. The third kappa shape index (κ3) is 3.66. The SMILES string of the molecule is CC(C)c1nc2n(n1)CC(=O)NC1(CCN(S(=O)(=O)c3ccccc3F)CC1)C2. The summed E-state index contributed by atoms with van der Waals surface area (Å²) in [5.74, 6) is 0.669. The number of nitrogens with one attached hydrogen (secondary N) is 1. The van der Waals surface area contributed by atoms with Crippen LogP contribution in [0.4, 0.5) is 4.39 Å². The molecule has 0 saturated carbocycles. The number of carbonyl (C=O) groups is 1. The Hall–Kier alpha value is -2.33. The van der Waals surface area contributed by atoms with Crippen molar-refractivity contribution in [1.82, 2.24) is 24.4 Å². The molecule has 1 amide bonds. The lowest BCUT2D eigenvalue weighted by molar-refractivity contribution is -0.123. The topological polar surface area (TPSA) is 97.2 Å². The predicted octanol–water partition coefficient (Wildman–Crippen LogP) is 1.44. The monoisotopic (exact) mass is 421 g/mol. The van der Waals surface area contributed by atoms with Crippen LogP contribution >= 0.6 is 0 Å². The van der Waals surface area contributed by atoms with Crippen LogP contribution in [0.2, 0.25) is 0 Å². The maximum Gasteiger partial charge on any atom is 0.245 e. The van der Waals surface area contributed by atoms with Gasteiger partial charge >= 0.3 is 0 Å². The van der Waals surface area contributed by atoms with E-state index in [-0.39, 0.29) is 36.4 Å². The van der Waals surface area contributed by atoms with Gasteiger partial charge in [0.1, 0.15) is 23.1 Å². The molecule has 8 nitrogen and oxygen atoms in total. The average Bonchev–Trinajstić information content (AvgIpc) is 2.99. The van der Waals surface area contributed by atoms with Crippen molar-refractivity contribution in [2.45, 2.75) is 56.0 Å². The number of carbonyl (C=O) groups excluding carboxylic acids is 1. The first kappa shape index (κ1) is 20.0. The van der Waals surface area contributed by atoms with Gasteiger partial charge < -0.3 is 5.32 Å². The number of piperidine rings is 1. The fraction of sp³-hybridized carbons (Fsp3) is 0.526. The van der Waals surface area contributed by atoms with E-state index >= 15 is 0 Å². The van der Waals surface area contributed by atoms with E-state index in [4.69, 9.17) is 0 Å². The predicted molar refractivity (Wildman–Crippen MR) is 103 cm³/mol. The molecule has 1 fully saturated rings. The zero-order chi connectivity index (χ0) is 20.8. The summed E-state index contributed by atoms with van der Waals surface area (Å²) in [5.41, 5.74) is -0.576. The van der Waals surface area contributed by atoms with Gasteiger partial charge in [-0.15, -0.1) is 0 Å². The largest absolute Gasteiger partial charge is 0.349 e. The van der Waals surface area contributed by atoms with Gasteiger partial charge in [0.15, 0.2) is 5.82 Å². The lowest BCUT2D eigenvalue weighted by atomic mass is 9.85. The molecule has 0 radical (unpaired) electrons. The summed E-state index contributed by atoms with van der Waals surface area (Å²) >= 11 is 0. The van der Waals surface area contributed by atoms with Gasteiger partial charge in [-0.25, -0.2) is 22.5 Å². The summed E-state index contributed by atoms with van der Waals surface area (Å²) in [6, 6.07) is 5.38. The number of fused-ring (bicyclic) bond motifs is 1. The minimum Gasteiger partial charge on any atom is -0.349 e. The highest BCUT2D eigenvalue weighted by molar-refractivity contribution is 7.89. The van der Waals surface area contributed by atoms with E-state index in [0.29, 0.717) is 25.1 Å². The van der Waals surface area contributed by atoms with Crippen molar-refractivity contribution in [2.24, 2.45) is 0 Å². The van der Waals surface area contributed by atoms with Gasteiger partial charge in [-0.2, -0.15) is 9.40 Å². The summed E-state index contributed by atoms with van der Waals surface area (Å²) in [6.07, 6.45) is 1.35. The molecule has 156 valence electrons. The quantitative estimate of drug-likeness (QED) is 0.809. The molecule has 0 atom stereocenters. The first-order valence-electron chi connectivity index (χ1n) is 9.69. The number of hydrogen-bond donors (Lipinski definition) is 1. The van der Waals surface area contributed by atoms with Crippen LogP contribution in [0.25, 0.3) is 0 Å². The highest BCUT2D eigenvalue weighted by atomic mass is 32.2. The first-order valence-corrected chi connectivity index (χ1v) is 11.1. The molecule has 1 aromatic heterocycles. The smallest absolute Gasteiger partial charge is 0.245 e. The molecule has 2 aliphatic heterocycles. The van der Waals surface area contributed by atoms with Crippen molar-refractivity contribution >= 4 is 15.9 Å². The molecule has 2 aromatic rings. The Labute approximate surface area is 169 Å². The molecule has 10 heteroatoms. The van der Waals surface area contributed by atoms with Crippen molar-refractivity contribution in [3.63, 3.8) is 0 Å². The van der Waals surface area contributed by atoms with Crippen LogP contribution in [-0.4, -0.2) is 52.0 Å². The molecular weight excluding hydrogens is 397 g/mol. The molecule has 1 saturated heterocycles. The van der Waals surface area contributed by atoms with Crippen LogP contribution < -0.4 is 5.32 Å². The summed E-state index contributed by atoms with van der Waals surface area (Å²) in [7, 11) is -3.93. The number of benzene rings is 1. The van der Waals surface area contributed by atoms with Crippen molar-refractivity contribution < 1.29 is 17.6 Å². The Kier molecular flexibility index (Phi) is 4.94. The molecule has 3 heterocycles. The fourth-order valence-corrected chi connectivity index (χ4v) is 5.47. The van der Waals surface area contributed by atoms with Crippen molar-refractivity contribution in [2.75, 3.05) is 13.1 Å². The van der Waals surface area contributed by atoms with Crippen molar-refractivity contribution in [3.05, 3.63) is 41.7 Å². The van der Waals surface area contributed by atoms with Crippen LogP contribution in [0, 0.1) is 5.82 Å². The second-order valence-corrected chi connectivity index (χ2v) is 9.94. The molecule has 2 aliphatic rings. The zero-order valence-corrected chi connectivity index (χ0v) is 17.2. The van der Waals surface area contributed by atoms with Crippen molar-refractivity contribution in [3.8, 4) is 0 Å². The van der Waals surface area contributed by atoms with Crippen LogP contribution in [0.1, 0.15) is 44.3 Å². The number of hydrogen-bond acceptors (Lipinski definition) is 5. The lowest BCUT2D eigenvalue weighted by Crippen LogP contribution is -2.56. The maximum atomic E-state index is 14.0. The summed E-state index contributed by atoms with van der Waals surface area (Å²) in [4.78, 5) is 16.7. The Bertz CT molecular complexity index is 1040. The van der Waals surface area contributed by atoms with Crippen molar-refractivity contribution in [1.29, 1.82) is 0 Å². The van der Waals surface area contributed by atoms with Gasteiger partial charge in [-0.05, 0) is 25.0 Å². The zero-order valence-electron chi connectivity index (χ0n) is 16.4. The van der Waals surface area contributed by atoms with E-state index in [1.54, 1.807) is 4.68 Å². The average molecular weight is 421 g/mol. The molecule has 29 heavy (non-hydrogen) atoms. The third-order valence-electron chi connectivity index (χ3n) is 5.61. The summed E-state index contributed by atoms with van der Waals surface area (Å²) < 4.78 is 42.7. The summed E-state index contributed by atoms with van der Waals surface area (Å²) in [6.45, 7) is 4.49. The number of halogens is 1. The number of sulfonamides is 1. The highest BCUT2D eigenvalue weighted by Gasteiger charge is 2.42. The van der Waals surface area contributed by atoms with Crippen LogP contribution in [-0.2, 0) is 27.8 Å². The van der Waals surface area contributed by atoms with Gasteiger partial charge in [0.05, 0.1) is 0 Å². The van der Waals surface area contributed by atoms with Gasteiger partial charge in [0.25, 0.3) is 0 Å². The van der Waals surface area contributed by atoms with Gasteiger partial charge in [-0.3, -0.25) is 4.79 Å². The molecule has 1 spiro atoms. The molecule has 0 bridgehead atoms. The third-order valence-corrected chi connectivity index (χ3v) is 7.54. The van der Waals surface area contributed by atoms with E-state index in [2.05, 4.69) is 15.4 Å². The Morgan fingerprint density at radius 3 is 2.55 bits per heavy atom. The normalized spacial score (nSPS) is 19.8. The van der Waals surface area contributed by atoms with E-state index in [9.17, 15) is 17.6 Å². The Morgan fingerprint density at radius 1 is 1.21 bits per heavy atom. The van der Waals surface area contributed by atoms with Gasteiger partial charge in [0, 0.05) is 31.0 Å². The van der Waals surface area contributed by atoms with Gasteiger partial charge in [0.2, 0.25) is 15.9 Å². The second-order valence-electron chi connectivity index (χ2n) is 8.04. The standard InChI is InChI=1S/C19H24FN5O3S/c1-13(2)18-21-16-11-19(22-17(26)12-25(16)23-18)7-9-24(10-8-19)29(27,28)15-6-4-3-5-14(15)20/h3-6,13H,7-12H2,1-2H3,(H,22,26).